The molecule has 0 radical (unpaired) electrons. The summed E-state index contributed by atoms with van der Waals surface area (Å²) in [4.78, 5) is 22.5. The summed E-state index contributed by atoms with van der Waals surface area (Å²) in [7, 11) is 0. The number of amides is 1. The highest BCUT2D eigenvalue weighted by Crippen LogP contribution is 2.19. The molecule has 2 saturated heterocycles. The molecule has 3 rings (SSSR count). The molecule has 2 aliphatic rings. The Morgan fingerprint density at radius 2 is 1.85 bits per heavy atom. The normalized spacial score (nSPS) is 18.4. The predicted octanol–water partition coefficient (Wildman–Crippen LogP) is 3.14. The fourth-order valence-corrected chi connectivity index (χ4v) is 4.35. The molecule has 152 valence electrons. The maximum atomic E-state index is 12.4. The molecule has 0 saturated carbocycles. The van der Waals surface area contributed by atoms with E-state index < -0.39 is 0 Å². The number of halogens is 3. The third kappa shape index (κ3) is 7.87. The largest absolute Gasteiger partial charge is 0.340 e. The molecule has 0 aromatic carbocycles. The molecule has 0 aliphatic carbocycles. The molecule has 1 aromatic heterocycles. The predicted molar refractivity (Wildman–Crippen MR) is 115 cm³/mol. The number of piperidine rings is 1. The monoisotopic (exact) mass is 444 g/mol. The molecule has 0 spiro atoms. The van der Waals surface area contributed by atoms with Gasteiger partial charge in [-0.15, -0.1) is 48.6 Å². The van der Waals surface area contributed by atoms with Gasteiger partial charge in [0.15, 0.2) is 0 Å². The minimum absolute atomic E-state index is 0. The highest BCUT2D eigenvalue weighted by Gasteiger charge is 2.22. The number of carbonyl (C=O) groups excluding carboxylic acids is 1. The molecule has 1 aromatic rings. The first-order valence-corrected chi connectivity index (χ1v) is 9.64. The van der Waals surface area contributed by atoms with Crippen molar-refractivity contribution in [1.29, 1.82) is 0 Å². The fourth-order valence-electron chi connectivity index (χ4n) is 3.51. The third-order valence-electron chi connectivity index (χ3n) is 5.00. The molecule has 2 fully saturated rings. The quantitative estimate of drug-likeness (QED) is 0.756. The van der Waals surface area contributed by atoms with Gasteiger partial charge in [-0.05, 0) is 45.2 Å². The van der Waals surface area contributed by atoms with Crippen LogP contribution in [-0.2, 0) is 11.3 Å². The standard InChI is InChI=1S/C17H28N4OS.3ClH/c1-14-19-12-16(23-14)13-20-8-10-21(11-9-20)17(22)3-2-15-4-6-18-7-5-15;;;/h12,15,18H,2-11,13H2,1H3;3*1H. The van der Waals surface area contributed by atoms with Crippen LogP contribution >= 0.6 is 48.6 Å². The first kappa shape index (κ1) is 25.9. The molecule has 0 bridgehead atoms. The maximum Gasteiger partial charge on any atom is 0.222 e. The van der Waals surface area contributed by atoms with Crippen LogP contribution in [0.15, 0.2) is 6.20 Å². The van der Waals surface area contributed by atoms with Gasteiger partial charge in [-0.25, -0.2) is 4.98 Å². The zero-order chi connectivity index (χ0) is 16.1. The summed E-state index contributed by atoms with van der Waals surface area (Å²) >= 11 is 1.77. The van der Waals surface area contributed by atoms with Gasteiger partial charge in [-0.2, -0.15) is 0 Å². The molecule has 1 N–H and O–H groups in total. The van der Waals surface area contributed by atoms with E-state index in [0.29, 0.717) is 5.91 Å². The minimum Gasteiger partial charge on any atom is -0.340 e. The fraction of sp³-hybridized carbons (Fsp3) is 0.765. The van der Waals surface area contributed by atoms with Gasteiger partial charge < -0.3 is 10.2 Å². The molecule has 0 unspecified atom stereocenters. The SMILES string of the molecule is Cc1ncc(CN2CCN(C(=O)CCC3CCNCC3)CC2)s1.Cl.Cl.Cl. The highest BCUT2D eigenvalue weighted by atomic mass is 35.5. The van der Waals surface area contributed by atoms with E-state index >= 15 is 0 Å². The molecule has 5 nitrogen and oxygen atoms in total. The number of piperazine rings is 1. The Kier molecular flexibility index (Phi) is 13.1. The summed E-state index contributed by atoms with van der Waals surface area (Å²) in [6.45, 7) is 8.98. The number of hydrogen-bond acceptors (Lipinski definition) is 5. The van der Waals surface area contributed by atoms with E-state index in [4.69, 9.17) is 0 Å². The van der Waals surface area contributed by atoms with Crippen molar-refractivity contribution in [2.45, 2.75) is 39.2 Å². The topological polar surface area (TPSA) is 48.5 Å². The lowest BCUT2D eigenvalue weighted by Crippen LogP contribution is -2.48. The Morgan fingerprint density at radius 1 is 1.19 bits per heavy atom. The summed E-state index contributed by atoms with van der Waals surface area (Å²) in [5.41, 5.74) is 0. The number of hydrogen-bond donors (Lipinski definition) is 1. The van der Waals surface area contributed by atoms with Gasteiger partial charge in [0.1, 0.15) is 0 Å². The van der Waals surface area contributed by atoms with Gasteiger partial charge >= 0.3 is 0 Å². The van der Waals surface area contributed by atoms with Gasteiger partial charge in [0.25, 0.3) is 0 Å². The van der Waals surface area contributed by atoms with Crippen LogP contribution in [0.1, 0.15) is 35.6 Å². The average molecular weight is 446 g/mol. The first-order chi connectivity index (χ1) is 11.2. The van der Waals surface area contributed by atoms with E-state index in [1.54, 1.807) is 11.3 Å². The van der Waals surface area contributed by atoms with E-state index in [0.717, 1.165) is 69.6 Å². The van der Waals surface area contributed by atoms with Crippen molar-refractivity contribution in [3.63, 3.8) is 0 Å². The highest BCUT2D eigenvalue weighted by molar-refractivity contribution is 7.11. The smallest absolute Gasteiger partial charge is 0.222 e. The Labute approximate surface area is 179 Å². The number of nitrogens with zero attached hydrogens (tertiary/aromatic N) is 3. The summed E-state index contributed by atoms with van der Waals surface area (Å²) in [5.74, 6) is 1.10. The maximum absolute atomic E-state index is 12.4. The van der Waals surface area contributed by atoms with Crippen molar-refractivity contribution in [3.8, 4) is 0 Å². The second kappa shape index (κ2) is 13.1. The Hall–Kier alpha value is -0.110. The second-order valence-electron chi connectivity index (χ2n) is 6.73. The number of nitrogens with one attached hydrogen (secondary N) is 1. The van der Waals surface area contributed by atoms with Crippen molar-refractivity contribution < 1.29 is 4.79 Å². The van der Waals surface area contributed by atoms with Crippen LogP contribution in [0, 0.1) is 12.8 Å². The van der Waals surface area contributed by atoms with Crippen LogP contribution < -0.4 is 5.32 Å². The molecule has 0 atom stereocenters. The summed E-state index contributed by atoms with van der Waals surface area (Å²) in [6, 6.07) is 0. The van der Waals surface area contributed by atoms with Crippen LogP contribution in [0.4, 0.5) is 0 Å². The molecule has 1 amide bonds. The zero-order valence-corrected chi connectivity index (χ0v) is 18.6. The van der Waals surface area contributed by atoms with E-state index in [9.17, 15) is 4.79 Å². The average Bonchev–Trinajstić information content (AvgIpc) is 2.99. The van der Waals surface area contributed by atoms with Crippen molar-refractivity contribution in [2.75, 3.05) is 39.3 Å². The lowest BCUT2D eigenvalue weighted by molar-refractivity contribution is -0.133. The summed E-state index contributed by atoms with van der Waals surface area (Å²) < 4.78 is 0. The van der Waals surface area contributed by atoms with Crippen LogP contribution in [0.5, 0.6) is 0 Å². The van der Waals surface area contributed by atoms with Crippen LogP contribution in [-0.4, -0.2) is 60.0 Å². The van der Waals surface area contributed by atoms with E-state index in [-0.39, 0.29) is 37.2 Å². The Balaban J connectivity index is 0.00000208. The van der Waals surface area contributed by atoms with Crippen molar-refractivity contribution in [3.05, 3.63) is 16.1 Å². The number of rotatable bonds is 5. The zero-order valence-electron chi connectivity index (χ0n) is 15.3. The van der Waals surface area contributed by atoms with Gasteiger partial charge in [-0.1, -0.05) is 0 Å². The van der Waals surface area contributed by atoms with Crippen LogP contribution in [0.2, 0.25) is 0 Å². The minimum atomic E-state index is 0. The number of aromatic nitrogens is 1. The van der Waals surface area contributed by atoms with Crippen LogP contribution in [0.25, 0.3) is 0 Å². The molecule has 3 heterocycles. The molecule has 9 heteroatoms. The molecular weight excluding hydrogens is 415 g/mol. The van der Waals surface area contributed by atoms with Gasteiger partial charge in [-0.3, -0.25) is 9.69 Å². The lowest BCUT2D eigenvalue weighted by Gasteiger charge is -2.35. The van der Waals surface area contributed by atoms with Crippen molar-refractivity contribution >= 4 is 54.5 Å². The van der Waals surface area contributed by atoms with Crippen molar-refractivity contribution in [2.24, 2.45) is 5.92 Å². The van der Waals surface area contributed by atoms with Gasteiger partial charge in [0.2, 0.25) is 5.91 Å². The number of carbonyl (C=O) groups is 1. The Bertz CT molecular complexity index is 518. The Morgan fingerprint density at radius 3 is 2.42 bits per heavy atom. The summed E-state index contributed by atoms with van der Waals surface area (Å²) in [6.07, 6.45) is 6.25. The van der Waals surface area contributed by atoms with E-state index in [1.165, 1.54) is 17.7 Å². The number of thiazole rings is 1. The van der Waals surface area contributed by atoms with Gasteiger partial charge in [0.05, 0.1) is 5.01 Å². The second-order valence-corrected chi connectivity index (χ2v) is 8.05. The van der Waals surface area contributed by atoms with Gasteiger partial charge in [0, 0.05) is 50.2 Å². The van der Waals surface area contributed by atoms with Crippen LogP contribution in [0.3, 0.4) is 0 Å². The van der Waals surface area contributed by atoms with Crippen molar-refractivity contribution in [1.82, 2.24) is 20.1 Å². The number of aryl methyl sites for hydroxylation is 1. The molecular formula is C17H31Cl3N4OS. The third-order valence-corrected chi connectivity index (χ3v) is 5.90. The molecule has 2 aliphatic heterocycles. The summed E-state index contributed by atoms with van der Waals surface area (Å²) in [5, 5.41) is 4.52. The molecule has 26 heavy (non-hydrogen) atoms. The lowest BCUT2D eigenvalue weighted by atomic mass is 9.93. The van der Waals surface area contributed by atoms with E-state index in [2.05, 4.69) is 20.1 Å². The van der Waals surface area contributed by atoms with E-state index in [1.807, 2.05) is 13.1 Å². The first-order valence-electron chi connectivity index (χ1n) is 8.83.